The number of alkyl halides is 5. The minimum atomic E-state index is -5.08. The van der Waals surface area contributed by atoms with Crippen LogP contribution in [0.3, 0.4) is 0 Å². The molecule has 0 bridgehead atoms. The number of fused-ring (bicyclic) bond motifs is 1. The number of nitriles is 1. The molecule has 0 aliphatic carbocycles. The average molecular weight is 529 g/mol. The summed E-state index contributed by atoms with van der Waals surface area (Å²) in [5.41, 5.74) is -3.81. The maximum absolute atomic E-state index is 15.6. The van der Waals surface area contributed by atoms with E-state index in [2.05, 4.69) is 0 Å². The first-order valence-corrected chi connectivity index (χ1v) is 10.7. The first-order chi connectivity index (χ1) is 17.2. The van der Waals surface area contributed by atoms with E-state index in [1.165, 1.54) is 29.0 Å². The van der Waals surface area contributed by atoms with Crippen LogP contribution < -0.4 is 4.74 Å². The molecule has 7 nitrogen and oxygen atoms in total. The number of carboxylic acids is 1. The molecular formula is C24H21F6N3O4. The molecular weight excluding hydrogens is 508 g/mol. The van der Waals surface area contributed by atoms with Gasteiger partial charge in [0.1, 0.15) is 17.6 Å². The molecule has 37 heavy (non-hydrogen) atoms. The number of halogens is 6. The molecule has 13 heteroatoms. The molecule has 0 saturated carbocycles. The van der Waals surface area contributed by atoms with Gasteiger partial charge in [0.25, 0.3) is 5.91 Å². The van der Waals surface area contributed by atoms with Crippen molar-refractivity contribution < 1.29 is 45.8 Å². The molecule has 0 unspecified atom stereocenters. The highest BCUT2D eigenvalue weighted by atomic mass is 19.4. The number of carbonyl (C=O) groups is 2. The molecule has 2 aliphatic heterocycles. The van der Waals surface area contributed by atoms with E-state index < -0.39 is 41.8 Å². The van der Waals surface area contributed by atoms with Crippen LogP contribution in [0.2, 0.25) is 0 Å². The van der Waals surface area contributed by atoms with Crippen molar-refractivity contribution in [3.63, 3.8) is 0 Å². The Morgan fingerprint density at radius 1 is 1.11 bits per heavy atom. The van der Waals surface area contributed by atoms with Crippen LogP contribution in [0.5, 0.6) is 5.75 Å². The molecule has 1 N–H and O–H groups in total. The van der Waals surface area contributed by atoms with E-state index in [9.17, 15) is 22.4 Å². The fourth-order valence-corrected chi connectivity index (χ4v) is 4.29. The predicted molar refractivity (Wildman–Crippen MR) is 116 cm³/mol. The molecule has 1 amide bonds. The van der Waals surface area contributed by atoms with E-state index in [1.54, 1.807) is 30.3 Å². The zero-order chi connectivity index (χ0) is 27.6. The number of benzene rings is 2. The number of likely N-dealkylation sites (tertiary alicyclic amines) is 2. The minimum Gasteiger partial charge on any atom is -0.497 e. The summed E-state index contributed by atoms with van der Waals surface area (Å²) < 4.78 is 81.6. The normalized spacial score (nSPS) is 23.2. The lowest BCUT2D eigenvalue weighted by Gasteiger charge is -2.22. The smallest absolute Gasteiger partial charge is 0.490 e. The van der Waals surface area contributed by atoms with Crippen LogP contribution in [0.4, 0.5) is 26.3 Å². The molecule has 2 saturated heterocycles. The Morgan fingerprint density at radius 3 is 2.32 bits per heavy atom. The number of methoxy groups -OCH3 is 1. The monoisotopic (exact) mass is 529 g/mol. The predicted octanol–water partition coefficient (Wildman–Crippen LogP) is 3.61. The Morgan fingerprint density at radius 2 is 1.76 bits per heavy atom. The van der Waals surface area contributed by atoms with Gasteiger partial charge in [0.15, 0.2) is 5.67 Å². The summed E-state index contributed by atoms with van der Waals surface area (Å²) in [6.07, 6.45) is -5.08. The highest BCUT2D eigenvalue weighted by Crippen LogP contribution is 2.46. The van der Waals surface area contributed by atoms with Crippen molar-refractivity contribution in [1.82, 2.24) is 9.80 Å². The van der Waals surface area contributed by atoms with Crippen LogP contribution in [-0.2, 0) is 22.7 Å². The number of carbonyl (C=O) groups excluding carboxylic acids is 1. The van der Waals surface area contributed by atoms with Gasteiger partial charge in [-0.25, -0.2) is 18.0 Å². The van der Waals surface area contributed by atoms with E-state index in [1.807, 2.05) is 0 Å². The topological polar surface area (TPSA) is 93.9 Å². The number of ether oxygens (including phenoxy) is 1. The Hall–Kier alpha value is -3.79. The van der Waals surface area contributed by atoms with Gasteiger partial charge in [-0.3, -0.25) is 9.69 Å². The zero-order valence-electron chi connectivity index (χ0n) is 19.4. The van der Waals surface area contributed by atoms with Gasteiger partial charge in [-0.2, -0.15) is 18.4 Å². The third-order valence-corrected chi connectivity index (χ3v) is 6.00. The quantitative estimate of drug-likeness (QED) is 0.595. The molecule has 2 atom stereocenters. The van der Waals surface area contributed by atoms with Gasteiger partial charge in [0, 0.05) is 26.2 Å². The van der Waals surface area contributed by atoms with Gasteiger partial charge < -0.3 is 14.7 Å². The highest BCUT2D eigenvalue weighted by molar-refractivity contribution is 5.90. The largest absolute Gasteiger partial charge is 0.497 e. The summed E-state index contributed by atoms with van der Waals surface area (Å²) in [7, 11) is 1.52. The van der Waals surface area contributed by atoms with Gasteiger partial charge in [-0.15, -0.1) is 0 Å². The molecule has 0 radical (unpaired) electrons. The summed E-state index contributed by atoms with van der Waals surface area (Å²) in [6, 6.07) is 12.7. The van der Waals surface area contributed by atoms with Crippen LogP contribution in [0, 0.1) is 17.1 Å². The van der Waals surface area contributed by atoms with E-state index in [-0.39, 0.29) is 31.7 Å². The number of amides is 1. The summed E-state index contributed by atoms with van der Waals surface area (Å²) in [5, 5.41) is 16.1. The Labute approximate surface area is 207 Å². The first kappa shape index (κ1) is 27.8. The van der Waals surface area contributed by atoms with Gasteiger partial charge in [0.2, 0.25) is 5.67 Å². The fraction of sp³-hybridized carbons (Fsp3) is 0.375. The van der Waals surface area contributed by atoms with Gasteiger partial charge >= 0.3 is 12.1 Å². The van der Waals surface area contributed by atoms with E-state index in [0.717, 1.165) is 11.6 Å². The van der Waals surface area contributed by atoms with E-state index in [0.29, 0.717) is 11.3 Å². The van der Waals surface area contributed by atoms with Crippen LogP contribution in [0.15, 0.2) is 42.5 Å². The second kappa shape index (κ2) is 10.3. The van der Waals surface area contributed by atoms with Gasteiger partial charge in [0.05, 0.1) is 19.2 Å². The molecule has 198 valence electrons. The van der Waals surface area contributed by atoms with Crippen LogP contribution in [0.1, 0.15) is 16.7 Å². The zero-order valence-corrected chi connectivity index (χ0v) is 19.4. The molecule has 2 aromatic rings. The lowest BCUT2D eigenvalue weighted by molar-refractivity contribution is -0.192. The Kier molecular flexibility index (Phi) is 7.73. The number of rotatable bonds is 5. The number of hydrogen-bond acceptors (Lipinski definition) is 5. The van der Waals surface area contributed by atoms with Crippen LogP contribution in [0.25, 0.3) is 0 Å². The van der Waals surface area contributed by atoms with Crippen molar-refractivity contribution in [3.8, 4) is 11.8 Å². The van der Waals surface area contributed by atoms with Gasteiger partial charge in [-0.1, -0.05) is 18.2 Å². The number of carboxylic acid groups (broad SMARTS) is 1. The van der Waals surface area contributed by atoms with Gasteiger partial charge in [-0.05, 0) is 35.4 Å². The Balaban J connectivity index is 0.000000479. The number of nitrogens with zero attached hydrogens (tertiary/aromatic N) is 3. The Bertz CT molecular complexity index is 1230. The second-order valence-corrected chi connectivity index (χ2v) is 8.65. The van der Waals surface area contributed by atoms with Crippen molar-refractivity contribution >= 4 is 11.9 Å². The van der Waals surface area contributed by atoms with Crippen molar-refractivity contribution in [2.75, 3.05) is 26.7 Å². The lowest BCUT2D eigenvalue weighted by Crippen LogP contribution is -2.47. The SMILES string of the molecule is COc1cccc(CN2C[C@@]3(F)CN(Cc4ccc(F)c(C#N)c4)C[C@@]3(F)C2=O)c1.O=C(O)C(F)(F)F. The summed E-state index contributed by atoms with van der Waals surface area (Å²) in [6.45, 7) is -0.783. The molecule has 0 aromatic heterocycles. The first-order valence-electron chi connectivity index (χ1n) is 10.7. The second-order valence-electron chi connectivity index (χ2n) is 8.65. The number of hydrogen-bond donors (Lipinski definition) is 1. The maximum Gasteiger partial charge on any atom is 0.490 e. The van der Waals surface area contributed by atoms with Crippen LogP contribution >= 0.6 is 0 Å². The van der Waals surface area contributed by atoms with E-state index >= 15 is 8.78 Å². The standard InChI is InChI=1S/C22H20F3N3O2.C2HF3O2/c1-30-18-4-2-3-15(8-18)11-28-13-21(24)12-27(14-22(21,25)20(28)29)10-16-5-6-19(23)17(7-16)9-26;3-2(4,5)1(6)7/h2-8H,10-14H2,1H3;(H,6,7)/t21-,22+;/m0./s1. The maximum atomic E-state index is 15.6. The molecule has 2 aromatic carbocycles. The van der Waals surface area contributed by atoms with Crippen molar-refractivity contribution in [2.45, 2.75) is 30.6 Å². The minimum absolute atomic E-state index is 0.0941. The fourth-order valence-electron chi connectivity index (χ4n) is 4.29. The lowest BCUT2D eigenvalue weighted by atomic mass is 9.93. The van der Waals surface area contributed by atoms with Crippen molar-refractivity contribution in [1.29, 1.82) is 5.26 Å². The third-order valence-electron chi connectivity index (χ3n) is 6.00. The molecule has 4 rings (SSSR count). The molecule has 2 aliphatic rings. The average Bonchev–Trinajstić information content (AvgIpc) is 3.18. The van der Waals surface area contributed by atoms with Crippen molar-refractivity contribution in [3.05, 3.63) is 65.0 Å². The third kappa shape index (κ3) is 5.80. The van der Waals surface area contributed by atoms with Crippen molar-refractivity contribution in [2.24, 2.45) is 0 Å². The summed E-state index contributed by atoms with van der Waals surface area (Å²) >= 11 is 0. The molecule has 2 heterocycles. The van der Waals surface area contributed by atoms with Crippen LogP contribution in [-0.4, -0.2) is 71.0 Å². The molecule has 0 spiro atoms. The number of aliphatic carboxylic acids is 1. The summed E-state index contributed by atoms with van der Waals surface area (Å²) in [4.78, 5) is 24.4. The van der Waals surface area contributed by atoms with E-state index in [4.69, 9.17) is 19.9 Å². The highest BCUT2D eigenvalue weighted by Gasteiger charge is 2.70. The molecule has 2 fully saturated rings. The summed E-state index contributed by atoms with van der Waals surface area (Å²) in [5.74, 6) is -3.67.